The number of nitrogens with one attached hydrogen (secondary N) is 1. The molecule has 8 nitrogen and oxygen atoms in total. The van der Waals surface area contributed by atoms with Crippen LogP contribution in [-0.4, -0.2) is 35.7 Å². The third-order valence-corrected chi connectivity index (χ3v) is 4.52. The van der Waals surface area contributed by atoms with E-state index in [4.69, 9.17) is 0 Å². The number of anilines is 1. The van der Waals surface area contributed by atoms with Gasteiger partial charge in [0.25, 0.3) is 5.91 Å². The van der Waals surface area contributed by atoms with E-state index in [1.807, 2.05) is 67.6 Å². The van der Waals surface area contributed by atoms with Crippen molar-refractivity contribution < 1.29 is 4.79 Å². The minimum absolute atomic E-state index is 0.258. The van der Waals surface area contributed by atoms with E-state index in [0.717, 1.165) is 16.8 Å². The van der Waals surface area contributed by atoms with Crippen molar-refractivity contribution in [2.45, 2.75) is 6.92 Å². The molecule has 5 rings (SSSR count). The quantitative estimate of drug-likeness (QED) is 0.515. The molecule has 0 unspecified atom stereocenters. The van der Waals surface area contributed by atoms with Gasteiger partial charge in [-0.2, -0.15) is 9.61 Å². The van der Waals surface area contributed by atoms with Gasteiger partial charge in [-0.3, -0.25) is 9.78 Å². The van der Waals surface area contributed by atoms with Gasteiger partial charge in [0.1, 0.15) is 5.69 Å². The Bertz CT molecular complexity index is 1380. The molecule has 5 aromatic rings. The van der Waals surface area contributed by atoms with Crippen LogP contribution >= 0.6 is 0 Å². The van der Waals surface area contributed by atoms with Gasteiger partial charge in [0.15, 0.2) is 11.5 Å². The molecule has 140 valence electrons. The molecule has 0 fully saturated rings. The van der Waals surface area contributed by atoms with Crippen LogP contribution in [0.3, 0.4) is 0 Å². The van der Waals surface area contributed by atoms with Crippen molar-refractivity contribution in [3.63, 3.8) is 0 Å². The number of hydrogen-bond acceptors (Lipinski definition) is 6. The van der Waals surface area contributed by atoms with E-state index in [1.54, 1.807) is 4.52 Å². The lowest BCUT2D eigenvalue weighted by atomic mass is 10.1. The molecular weight excluding hydrogens is 366 g/mol. The number of nitrogens with zero attached hydrogens (tertiary/aromatic N) is 6. The average molecular weight is 381 g/mol. The molecule has 0 radical (unpaired) electrons. The maximum absolute atomic E-state index is 12.6. The van der Waals surface area contributed by atoms with Crippen LogP contribution < -0.4 is 5.32 Å². The van der Waals surface area contributed by atoms with Gasteiger partial charge >= 0.3 is 0 Å². The first kappa shape index (κ1) is 16.9. The summed E-state index contributed by atoms with van der Waals surface area (Å²) in [4.78, 5) is 21.3. The van der Waals surface area contributed by atoms with Gasteiger partial charge in [-0.05, 0) is 43.3 Å². The molecule has 8 heteroatoms. The Hall–Kier alpha value is -4.20. The van der Waals surface area contributed by atoms with Gasteiger partial charge in [-0.15, -0.1) is 10.2 Å². The maximum atomic E-state index is 12.6. The number of benzene rings is 2. The number of fused-ring (bicyclic) bond motifs is 2. The molecule has 0 saturated carbocycles. The minimum Gasteiger partial charge on any atom is -0.321 e. The SMILES string of the molecule is Cc1nnc2ccc(-c3cccc(NC(=O)c4cnc5ccccc5n4)c3)nn12. The predicted octanol–water partition coefficient (Wildman–Crippen LogP) is 3.30. The number of carbonyl (C=O) groups excluding carboxylic acids is 1. The van der Waals surface area contributed by atoms with Crippen LogP contribution in [0.25, 0.3) is 27.9 Å². The van der Waals surface area contributed by atoms with E-state index >= 15 is 0 Å². The Morgan fingerprint density at radius 2 is 1.83 bits per heavy atom. The number of amides is 1. The summed E-state index contributed by atoms with van der Waals surface area (Å²) in [6.07, 6.45) is 1.48. The molecule has 3 heterocycles. The topological polar surface area (TPSA) is 98.0 Å². The number of hydrogen-bond donors (Lipinski definition) is 1. The van der Waals surface area contributed by atoms with Crippen LogP contribution in [0.15, 0.2) is 66.9 Å². The molecule has 0 saturated heterocycles. The smallest absolute Gasteiger partial charge is 0.275 e. The molecule has 0 aliphatic carbocycles. The van der Waals surface area contributed by atoms with Crippen molar-refractivity contribution >= 4 is 28.3 Å². The fourth-order valence-electron chi connectivity index (χ4n) is 3.07. The molecule has 0 spiro atoms. The number of rotatable bonds is 3. The van der Waals surface area contributed by atoms with E-state index in [1.165, 1.54) is 6.20 Å². The van der Waals surface area contributed by atoms with Crippen molar-refractivity contribution in [2.24, 2.45) is 0 Å². The molecule has 0 aliphatic rings. The van der Waals surface area contributed by atoms with Crippen LogP contribution in [0, 0.1) is 6.92 Å². The van der Waals surface area contributed by atoms with Gasteiger partial charge in [0.05, 0.1) is 22.9 Å². The summed E-state index contributed by atoms with van der Waals surface area (Å²) in [6, 6.07) is 18.6. The number of aryl methyl sites for hydroxylation is 1. The molecule has 2 aromatic carbocycles. The van der Waals surface area contributed by atoms with E-state index in [0.29, 0.717) is 22.7 Å². The second kappa shape index (κ2) is 6.75. The molecule has 1 amide bonds. The van der Waals surface area contributed by atoms with E-state index in [-0.39, 0.29) is 11.6 Å². The van der Waals surface area contributed by atoms with Crippen molar-refractivity contribution in [3.05, 3.63) is 78.4 Å². The van der Waals surface area contributed by atoms with Crippen LogP contribution in [0.2, 0.25) is 0 Å². The summed E-state index contributed by atoms with van der Waals surface area (Å²) in [5, 5.41) is 15.5. The van der Waals surface area contributed by atoms with Gasteiger partial charge < -0.3 is 5.32 Å². The first-order valence-corrected chi connectivity index (χ1v) is 9.00. The van der Waals surface area contributed by atoms with Crippen LogP contribution in [0.4, 0.5) is 5.69 Å². The van der Waals surface area contributed by atoms with Gasteiger partial charge in [-0.1, -0.05) is 24.3 Å². The average Bonchev–Trinajstić information content (AvgIpc) is 3.14. The van der Waals surface area contributed by atoms with Gasteiger partial charge in [0, 0.05) is 11.3 Å². The molecule has 0 aliphatic heterocycles. The molecule has 29 heavy (non-hydrogen) atoms. The van der Waals surface area contributed by atoms with E-state index in [9.17, 15) is 4.79 Å². The molecule has 0 atom stereocenters. The fraction of sp³-hybridized carbons (Fsp3) is 0.0476. The maximum Gasteiger partial charge on any atom is 0.275 e. The highest BCUT2D eigenvalue weighted by Gasteiger charge is 2.11. The van der Waals surface area contributed by atoms with Crippen molar-refractivity contribution in [3.8, 4) is 11.3 Å². The Morgan fingerprint density at radius 1 is 0.966 bits per heavy atom. The zero-order valence-corrected chi connectivity index (χ0v) is 15.4. The summed E-state index contributed by atoms with van der Waals surface area (Å²) in [6.45, 7) is 1.85. The molecule has 0 bridgehead atoms. The fourth-order valence-corrected chi connectivity index (χ4v) is 3.07. The number of carbonyl (C=O) groups is 1. The second-order valence-electron chi connectivity index (χ2n) is 6.51. The van der Waals surface area contributed by atoms with Gasteiger partial charge in [0.2, 0.25) is 0 Å². The number of aromatic nitrogens is 6. The molecular formula is C21H15N7O. The van der Waals surface area contributed by atoms with Crippen LogP contribution in [0.1, 0.15) is 16.3 Å². The highest BCUT2D eigenvalue weighted by Crippen LogP contribution is 2.22. The summed E-state index contributed by atoms with van der Waals surface area (Å²) in [5.41, 5.74) is 4.63. The van der Waals surface area contributed by atoms with E-state index < -0.39 is 0 Å². The Kier molecular flexibility index (Phi) is 3.94. The standard InChI is InChI=1S/C21H15N7O/c1-13-25-26-20-10-9-16(27-28(13)20)14-5-4-6-15(11-14)23-21(29)19-12-22-17-7-2-3-8-18(17)24-19/h2-12H,1H3,(H,23,29). The first-order chi connectivity index (χ1) is 14.2. The van der Waals surface area contributed by atoms with Gasteiger partial charge in [-0.25, -0.2) is 4.98 Å². The normalized spacial score (nSPS) is 11.1. The summed E-state index contributed by atoms with van der Waals surface area (Å²) in [7, 11) is 0. The lowest BCUT2D eigenvalue weighted by Crippen LogP contribution is -2.14. The van der Waals surface area contributed by atoms with Crippen molar-refractivity contribution in [1.29, 1.82) is 0 Å². The highest BCUT2D eigenvalue weighted by molar-refractivity contribution is 6.03. The zero-order valence-electron chi connectivity index (χ0n) is 15.4. The zero-order chi connectivity index (χ0) is 19.8. The Labute approximate surface area is 165 Å². The largest absolute Gasteiger partial charge is 0.321 e. The highest BCUT2D eigenvalue weighted by atomic mass is 16.1. The number of para-hydroxylation sites is 2. The Balaban J connectivity index is 1.44. The third-order valence-electron chi connectivity index (χ3n) is 4.52. The second-order valence-corrected chi connectivity index (χ2v) is 6.51. The van der Waals surface area contributed by atoms with Crippen LogP contribution in [-0.2, 0) is 0 Å². The minimum atomic E-state index is -0.321. The van der Waals surface area contributed by atoms with E-state index in [2.05, 4.69) is 30.6 Å². The summed E-state index contributed by atoms with van der Waals surface area (Å²) < 4.78 is 1.69. The van der Waals surface area contributed by atoms with Crippen LogP contribution in [0.5, 0.6) is 0 Å². The molecule has 3 aromatic heterocycles. The monoisotopic (exact) mass is 381 g/mol. The summed E-state index contributed by atoms with van der Waals surface area (Å²) in [5.74, 6) is 0.389. The third kappa shape index (κ3) is 3.16. The molecule has 1 N–H and O–H groups in total. The van der Waals surface area contributed by atoms with Crippen molar-refractivity contribution in [1.82, 2.24) is 29.8 Å². The lowest BCUT2D eigenvalue weighted by Gasteiger charge is -2.08. The lowest BCUT2D eigenvalue weighted by molar-refractivity contribution is 0.102. The summed E-state index contributed by atoms with van der Waals surface area (Å²) >= 11 is 0. The first-order valence-electron chi connectivity index (χ1n) is 9.00. The van der Waals surface area contributed by atoms with Crippen molar-refractivity contribution in [2.75, 3.05) is 5.32 Å². The predicted molar refractivity (Wildman–Crippen MR) is 108 cm³/mol. The Morgan fingerprint density at radius 3 is 2.72 bits per heavy atom.